The second-order valence-corrected chi connectivity index (χ2v) is 8.77. The lowest BCUT2D eigenvalue weighted by Crippen LogP contribution is -2.42. The van der Waals surface area contributed by atoms with Gasteiger partial charge >= 0.3 is 0 Å². The lowest BCUT2D eigenvalue weighted by atomic mass is 10.1. The van der Waals surface area contributed by atoms with Crippen molar-refractivity contribution in [1.29, 1.82) is 0 Å². The number of nitrogens with one attached hydrogen (secondary N) is 1. The number of aryl methyl sites for hydroxylation is 1. The molecule has 0 saturated heterocycles. The van der Waals surface area contributed by atoms with E-state index in [1.54, 1.807) is 23.0 Å². The first-order chi connectivity index (χ1) is 13.8. The molecule has 7 nitrogen and oxygen atoms in total. The Hall–Kier alpha value is -3.13. The van der Waals surface area contributed by atoms with Gasteiger partial charge in [0.15, 0.2) is 0 Å². The lowest BCUT2D eigenvalue weighted by Gasteiger charge is -2.24. The molecule has 29 heavy (non-hydrogen) atoms. The Kier molecular flexibility index (Phi) is 6.33. The molecule has 0 unspecified atom stereocenters. The maximum Gasteiger partial charge on any atom is 0.241 e. The zero-order valence-corrected chi connectivity index (χ0v) is 17.2. The highest BCUT2D eigenvalue weighted by Crippen LogP contribution is 2.19. The predicted octanol–water partition coefficient (Wildman–Crippen LogP) is 2.52. The van der Waals surface area contributed by atoms with E-state index in [1.165, 1.54) is 0 Å². The van der Waals surface area contributed by atoms with Gasteiger partial charge in [-0.25, -0.2) is 8.42 Å². The van der Waals surface area contributed by atoms with Gasteiger partial charge in [0, 0.05) is 12.4 Å². The third-order valence-electron chi connectivity index (χ3n) is 4.48. The summed E-state index contributed by atoms with van der Waals surface area (Å²) < 4.78 is 27.4. The average molecular weight is 413 g/mol. The largest absolute Gasteiger partial charge is 0.346 e. The normalized spacial score (nSPS) is 12.3. The standard InChI is InChI=1S/C21H24N4O3S/c1-17-9-11-19(12-10-17)25(29(2,27)28)16-21(26)23-20(15-24-14-6-13-22-24)18-7-4-3-5-8-18/h3-14,20H,15-16H2,1-2H3,(H,23,26)/t20-/m1/s1. The number of anilines is 1. The molecule has 1 atom stereocenters. The highest BCUT2D eigenvalue weighted by atomic mass is 32.2. The number of amides is 1. The number of rotatable bonds is 8. The second-order valence-electron chi connectivity index (χ2n) is 6.86. The Labute approximate surface area is 171 Å². The fourth-order valence-corrected chi connectivity index (χ4v) is 3.85. The number of benzene rings is 2. The van der Waals surface area contributed by atoms with Crippen molar-refractivity contribution >= 4 is 21.6 Å². The molecule has 0 spiro atoms. The first-order valence-corrected chi connectivity index (χ1v) is 11.0. The van der Waals surface area contributed by atoms with E-state index in [2.05, 4.69) is 10.4 Å². The minimum Gasteiger partial charge on any atom is -0.346 e. The molecule has 0 fully saturated rings. The highest BCUT2D eigenvalue weighted by Gasteiger charge is 2.23. The van der Waals surface area contributed by atoms with Crippen LogP contribution >= 0.6 is 0 Å². The average Bonchev–Trinajstić information content (AvgIpc) is 3.19. The number of carbonyl (C=O) groups excluding carboxylic acids is 1. The molecule has 0 bridgehead atoms. The molecule has 0 aliphatic heterocycles. The molecular formula is C21H24N4O3S. The molecule has 1 aromatic heterocycles. The molecule has 152 valence electrons. The molecule has 2 aromatic carbocycles. The van der Waals surface area contributed by atoms with Gasteiger partial charge in [0.25, 0.3) is 0 Å². The van der Waals surface area contributed by atoms with Crippen LogP contribution < -0.4 is 9.62 Å². The summed E-state index contributed by atoms with van der Waals surface area (Å²) in [5.41, 5.74) is 2.38. The van der Waals surface area contributed by atoms with Crippen LogP contribution in [0.4, 0.5) is 5.69 Å². The van der Waals surface area contributed by atoms with E-state index in [-0.39, 0.29) is 12.6 Å². The minimum atomic E-state index is -3.62. The van der Waals surface area contributed by atoms with Crippen LogP contribution in [-0.2, 0) is 21.4 Å². The number of aromatic nitrogens is 2. The van der Waals surface area contributed by atoms with Gasteiger partial charge in [-0.1, -0.05) is 48.0 Å². The van der Waals surface area contributed by atoms with E-state index >= 15 is 0 Å². The first-order valence-electron chi connectivity index (χ1n) is 9.19. The van der Waals surface area contributed by atoms with Crippen molar-refractivity contribution in [3.63, 3.8) is 0 Å². The van der Waals surface area contributed by atoms with E-state index in [1.807, 2.05) is 61.7 Å². The van der Waals surface area contributed by atoms with E-state index < -0.39 is 15.9 Å². The van der Waals surface area contributed by atoms with Crippen molar-refractivity contribution in [2.24, 2.45) is 0 Å². The van der Waals surface area contributed by atoms with E-state index in [0.29, 0.717) is 12.2 Å². The molecule has 0 saturated carbocycles. The summed E-state index contributed by atoms with van der Waals surface area (Å²) in [6.07, 6.45) is 4.59. The van der Waals surface area contributed by atoms with Gasteiger partial charge in [0.05, 0.1) is 24.5 Å². The second kappa shape index (κ2) is 8.91. The topological polar surface area (TPSA) is 84.3 Å². The molecule has 0 aliphatic rings. The molecule has 3 aromatic rings. The summed E-state index contributed by atoms with van der Waals surface area (Å²) in [6.45, 7) is 2.05. The minimum absolute atomic E-state index is 0.301. The van der Waals surface area contributed by atoms with Crippen LogP contribution in [-0.4, -0.2) is 36.9 Å². The van der Waals surface area contributed by atoms with Crippen LogP contribution in [0.2, 0.25) is 0 Å². The Balaban J connectivity index is 1.79. The number of hydrogen-bond acceptors (Lipinski definition) is 4. The summed E-state index contributed by atoms with van der Waals surface area (Å²) in [4.78, 5) is 12.8. The molecule has 0 aliphatic carbocycles. The fourth-order valence-electron chi connectivity index (χ4n) is 3.00. The van der Waals surface area contributed by atoms with E-state index in [4.69, 9.17) is 0 Å². The maximum atomic E-state index is 12.8. The molecule has 1 N–H and O–H groups in total. The Morgan fingerprint density at radius 3 is 2.38 bits per heavy atom. The van der Waals surface area contributed by atoms with Crippen LogP contribution in [0.15, 0.2) is 73.1 Å². The smallest absolute Gasteiger partial charge is 0.241 e. The predicted molar refractivity (Wildman–Crippen MR) is 113 cm³/mol. The van der Waals surface area contributed by atoms with Crippen molar-refractivity contribution in [2.45, 2.75) is 19.5 Å². The zero-order valence-electron chi connectivity index (χ0n) is 16.4. The SMILES string of the molecule is Cc1ccc(N(CC(=O)N[C@H](Cn2cccn2)c2ccccc2)S(C)(=O)=O)cc1. The maximum absolute atomic E-state index is 12.8. The van der Waals surface area contributed by atoms with Crippen molar-refractivity contribution < 1.29 is 13.2 Å². The van der Waals surface area contributed by atoms with Crippen LogP contribution in [0.1, 0.15) is 17.2 Å². The van der Waals surface area contributed by atoms with E-state index in [0.717, 1.165) is 21.7 Å². The summed E-state index contributed by atoms with van der Waals surface area (Å²) in [7, 11) is -3.62. The number of sulfonamides is 1. The van der Waals surface area contributed by atoms with Gasteiger partial charge in [-0.05, 0) is 30.7 Å². The van der Waals surface area contributed by atoms with Crippen molar-refractivity contribution in [3.05, 3.63) is 84.2 Å². The Morgan fingerprint density at radius 2 is 1.79 bits per heavy atom. The van der Waals surface area contributed by atoms with Crippen molar-refractivity contribution in [2.75, 3.05) is 17.1 Å². The zero-order chi connectivity index (χ0) is 20.9. The lowest BCUT2D eigenvalue weighted by molar-refractivity contribution is -0.120. The summed E-state index contributed by atoms with van der Waals surface area (Å²) in [6, 6.07) is 18.0. The summed E-state index contributed by atoms with van der Waals surface area (Å²) in [5, 5.41) is 7.15. The first kappa shape index (κ1) is 20.6. The third-order valence-corrected chi connectivity index (χ3v) is 5.62. The monoisotopic (exact) mass is 412 g/mol. The highest BCUT2D eigenvalue weighted by molar-refractivity contribution is 7.92. The molecule has 0 radical (unpaired) electrons. The van der Waals surface area contributed by atoms with Gasteiger partial charge in [-0.15, -0.1) is 0 Å². The van der Waals surface area contributed by atoms with Crippen molar-refractivity contribution in [3.8, 4) is 0 Å². The third kappa shape index (κ3) is 5.68. The quantitative estimate of drug-likeness (QED) is 0.616. The van der Waals surface area contributed by atoms with Gasteiger partial charge in [0.1, 0.15) is 6.54 Å². The van der Waals surface area contributed by atoms with Gasteiger partial charge in [0.2, 0.25) is 15.9 Å². The summed E-state index contributed by atoms with van der Waals surface area (Å²) in [5.74, 6) is -0.392. The van der Waals surface area contributed by atoms with Gasteiger partial charge < -0.3 is 5.32 Å². The Morgan fingerprint density at radius 1 is 1.10 bits per heavy atom. The molecule has 1 heterocycles. The number of nitrogens with zero attached hydrogens (tertiary/aromatic N) is 3. The van der Waals surface area contributed by atoms with Crippen LogP contribution in [0.5, 0.6) is 0 Å². The number of hydrogen-bond donors (Lipinski definition) is 1. The van der Waals surface area contributed by atoms with E-state index in [9.17, 15) is 13.2 Å². The van der Waals surface area contributed by atoms with Gasteiger partial charge in [-0.3, -0.25) is 13.8 Å². The Bertz CT molecular complexity index is 1030. The molecule has 3 rings (SSSR count). The van der Waals surface area contributed by atoms with Gasteiger partial charge in [-0.2, -0.15) is 5.10 Å². The molecule has 1 amide bonds. The van der Waals surface area contributed by atoms with Crippen LogP contribution in [0, 0.1) is 6.92 Å². The molecule has 8 heteroatoms. The summed E-state index contributed by atoms with van der Waals surface area (Å²) >= 11 is 0. The number of carbonyl (C=O) groups is 1. The van der Waals surface area contributed by atoms with Crippen LogP contribution in [0.25, 0.3) is 0 Å². The van der Waals surface area contributed by atoms with Crippen LogP contribution in [0.3, 0.4) is 0 Å². The molecular weight excluding hydrogens is 388 g/mol. The fraction of sp³-hybridized carbons (Fsp3) is 0.238. The van der Waals surface area contributed by atoms with Crippen molar-refractivity contribution in [1.82, 2.24) is 15.1 Å².